The molecule has 1 atom stereocenters. The van der Waals surface area contributed by atoms with Gasteiger partial charge in [0.15, 0.2) is 0 Å². The third-order valence-electron chi connectivity index (χ3n) is 3.40. The quantitative estimate of drug-likeness (QED) is 0.811. The molecule has 1 saturated carbocycles. The lowest BCUT2D eigenvalue weighted by molar-refractivity contribution is -0.275. The van der Waals surface area contributed by atoms with Crippen LogP contribution in [-0.2, 0) is 0 Å². The summed E-state index contributed by atoms with van der Waals surface area (Å²) in [5, 5.41) is 3.21. The molecular formula is C14H19F3N2O. The summed E-state index contributed by atoms with van der Waals surface area (Å²) >= 11 is 0. The van der Waals surface area contributed by atoms with Crippen molar-refractivity contribution < 1.29 is 17.9 Å². The first kappa shape index (κ1) is 15.1. The van der Waals surface area contributed by atoms with Crippen molar-refractivity contribution in [3.05, 3.63) is 29.8 Å². The Labute approximate surface area is 116 Å². The maximum atomic E-state index is 12.4. The molecule has 1 aliphatic carbocycles. The molecule has 0 saturated heterocycles. The summed E-state index contributed by atoms with van der Waals surface area (Å²) in [6.45, 7) is 0.982. The summed E-state index contributed by atoms with van der Waals surface area (Å²) < 4.78 is 41.2. The first-order valence-electron chi connectivity index (χ1n) is 6.77. The van der Waals surface area contributed by atoms with Crippen LogP contribution in [0.25, 0.3) is 0 Å². The van der Waals surface area contributed by atoms with Crippen LogP contribution in [-0.4, -0.2) is 19.5 Å². The molecule has 2 rings (SSSR count). The van der Waals surface area contributed by atoms with Crippen molar-refractivity contribution >= 4 is 0 Å². The number of benzene rings is 1. The molecule has 0 aromatic heterocycles. The van der Waals surface area contributed by atoms with Crippen LogP contribution in [0.5, 0.6) is 5.75 Å². The summed E-state index contributed by atoms with van der Waals surface area (Å²) in [6.07, 6.45) is -1.15. The number of nitrogens with two attached hydrogens (primary N) is 1. The van der Waals surface area contributed by atoms with E-state index in [1.807, 2.05) is 0 Å². The first-order chi connectivity index (χ1) is 9.49. The number of hydrogen-bond donors (Lipinski definition) is 2. The number of alkyl halides is 3. The van der Waals surface area contributed by atoms with Crippen molar-refractivity contribution in [3.63, 3.8) is 0 Å². The number of para-hydroxylation sites is 1. The Bertz CT molecular complexity index is 433. The van der Waals surface area contributed by atoms with Gasteiger partial charge >= 0.3 is 6.36 Å². The van der Waals surface area contributed by atoms with E-state index in [2.05, 4.69) is 10.1 Å². The Hall–Kier alpha value is -1.27. The number of ether oxygens (including phenoxy) is 1. The SMILES string of the molecule is NCC(NCCC1CC1)c1ccccc1OC(F)(F)F. The second-order valence-electron chi connectivity index (χ2n) is 5.06. The van der Waals surface area contributed by atoms with Crippen molar-refractivity contribution in [2.45, 2.75) is 31.7 Å². The molecule has 1 aromatic rings. The highest BCUT2D eigenvalue weighted by Crippen LogP contribution is 2.33. The monoisotopic (exact) mass is 288 g/mol. The Morgan fingerprint density at radius 2 is 2.00 bits per heavy atom. The largest absolute Gasteiger partial charge is 0.573 e. The zero-order chi connectivity index (χ0) is 14.6. The molecular weight excluding hydrogens is 269 g/mol. The Kier molecular flexibility index (Phi) is 4.88. The molecule has 0 amide bonds. The maximum Gasteiger partial charge on any atom is 0.573 e. The van der Waals surface area contributed by atoms with E-state index in [-0.39, 0.29) is 18.3 Å². The van der Waals surface area contributed by atoms with Crippen LogP contribution in [0.4, 0.5) is 13.2 Å². The number of halogens is 3. The second-order valence-corrected chi connectivity index (χ2v) is 5.06. The molecule has 1 fully saturated rings. The van der Waals surface area contributed by atoms with E-state index >= 15 is 0 Å². The standard InChI is InChI=1S/C14H19F3N2O/c15-14(16,17)20-13-4-2-1-3-11(13)12(9-18)19-8-7-10-5-6-10/h1-4,10,12,19H,5-9,18H2. The predicted molar refractivity (Wildman–Crippen MR) is 70.3 cm³/mol. The van der Waals surface area contributed by atoms with Crippen LogP contribution < -0.4 is 15.8 Å². The average Bonchev–Trinajstić information content (AvgIpc) is 3.18. The number of nitrogens with one attached hydrogen (secondary N) is 1. The minimum Gasteiger partial charge on any atom is -0.405 e. The van der Waals surface area contributed by atoms with Gasteiger partial charge in [-0.05, 0) is 24.9 Å². The molecule has 0 spiro atoms. The van der Waals surface area contributed by atoms with Gasteiger partial charge in [-0.2, -0.15) is 0 Å². The Morgan fingerprint density at radius 1 is 1.30 bits per heavy atom. The third-order valence-corrected chi connectivity index (χ3v) is 3.40. The van der Waals surface area contributed by atoms with Gasteiger partial charge < -0.3 is 15.8 Å². The Balaban J connectivity index is 2.02. The van der Waals surface area contributed by atoms with Gasteiger partial charge in [-0.3, -0.25) is 0 Å². The zero-order valence-electron chi connectivity index (χ0n) is 11.1. The van der Waals surface area contributed by atoms with Crippen molar-refractivity contribution in [1.29, 1.82) is 0 Å². The summed E-state index contributed by atoms with van der Waals surface area (Å²) in [6, 6.07) is 5.80. The minimum atomic E-state index is -4.69. The fourth-order valence-corrected chi connectivity index (χ4v) is 2.17. The van der Waals surface area contributed by atoms with Crippen LogP contribution in [0.15, 0.2) is 24.3 Å². The van der Waals surface area contributed by atoms with Gasteiger partial charge in [0.1, 0.15) is 5.75 Å². The van der Waals surface area contributed by atoms with Crippen molar-refractivity contribution in [1.82, 2.24) is 5.32 Å². The predicted octanol–water partition coefficient (Wildman–Crippen LogP) is 2.97. The summed E-state index contributed by atoms with van der Waals surface area (Å²) in [7, 11) is 0. The molecule has 112 valence electrons. The van der Waals surface area contributed by atoms with Gasteiger partial charge in [0.2, 0.25) is 0 Å². The van der Waals surface area contributed by atoms with Crippen molar-refractivity contribution in [3.8, 4) is 5.75 Å². The van der Waals surface area contributed by atoms with Gasteiger partial charge in [-0.25, -0.2) is 0 Å². The van der Waals surface area contributed by atoms with E-state index in [0.717, 1.165) is 18.9 Å². The molecule has 20 heavy (non-hydrogen) atoms. The van der Waals surface area contributed by atoms with Gasteiger partial charge in [0.05, 0.1) is 0 Å². The maximum absolute atomic E-state index is 12.4. The molecule has 0 bridgehead atoms. The van der Waals surface area contributed by atoms with Crippen LogP contribution in [0, 0.1) is 5.92 Å². The number of hydrogen-bond acceptors (Lipinski definition) is 3. The van der Waals surface area contributed by atoms with E-state index in [9.17, 15) is 13.2 Å². The fourth-order valence-electron chi connectivity index (χ4n) is 2.17. The highest BCUT2D eigenvalue weighted by atomic mass is 19.4. The lowest BCUT2D eigenvalue weighted by atomic mass is 10.1. The van der Waals surface area contributed by atoms with E-state index in [0.29, 0.717) is 5.56 Å². The van der Waals surface area contributed by atoms with Crippen molar-refractivity contribution in [2.75, 3.05) is 13.1 Å². The Morgan fingerprint density at radius 3 is 2.60 bits per heavy atom. The second kappa shape index (κ2) is 6.45. The molecule has 3 nitrogen and oxygen atoms in total. The lowest BCUT2D eigenvalue weighted by Gasteiger charge is -2.21. The van der Waals surface area contributed by atoms with Gasteiger partial charge in [-0.1, -0.05) is 31.0 Å². The van der Waals surface area contributed by atoms with Gasteiger partial charge in [0, 0.05) is 18.2 Å². The van der Waals surface area contributed by atoms with E-state index in [1.165, 1.54) is 25.0 Å². The van der Waals surface area contributed by atoms with Crippen molar-refractivity contribution in [2.24, 2.45) is 11.7 Å². The van der Waals surface area contributed by atoms with Gasteiger partial charge in [0.25, 0.3) is 0 Å². The van der Waals surface area contributed by atoms with Gasteiger partial charge in [-0.15, -0.1) is 13.2 Å². The molecule has 1 unspecified atom stereocenters. The molecule has 1 aromatic carbocycles. The highest BCUT2D eigenvalue weighted by molar-refractivity contribution is 5.36. The van der Waals surface area contributed by atoms with E-state index in [4.69, 9.17) is 5.73 Å². The number of rotatable bonds is 7. The third kappa shape index (κ3) is 4.68. The molecule has 0 aliphatic heterocycles. The highest BCUT2D eigenvalue weighted by Gasteiger charge is 2.32. The zero-order valence-corrected chi connectivity index (χ0v) is 11.1. The first-order valence-corrected chi connectivity index (χ1v) is 6.77. The molecule has 1 aliphatic rings. The van der Waals surface area contributed by atoms with Crippen LogP contribution in [0.3, 0.4) is 0 Å². The summed E-state index contributed by atoms with van der Waals surface area (Å²) in [5.41, 5.74) is 6.12. The molecule has 0 radical (unpaired) electrons. The fraction of sp³-hybridized carbons (Fsp3) is 0.571. The topological polar surface area (TPSA) is 47.3 Å². The average molecular weight is 288 g/mol. The van der Waals surface area contributed by atoms with Crippen LogP contribution in [0.1, 0.15) is 30.9 Å². The van der Waals surface area contributed by atoms with Crippen LogP contribution >= 0.6 is 0 Å². The summed E-state index contributed by atoms with van der Waals surface area (Å²) in [4.78, 5) is 0. The van der Waals surface area contributed by atoms with E-state index < -0.39 is 6.36 Å². The minimum absolute atomic E-state index is 0.186. The molecule has 6 heteroatoms. The smallest absolute Gasteiger partial charge is 0.405 e. The molecule has 0 heterocycles. The van der Waals surface area contributed by atoms with E-state index in [1.54, 1.807) is 12.1 Å². The summed E-state index contributed by atoms with van der Waals surface area (Å²) in [5.74, 6) is 0.581. The normalized spacial score (nSPS) is 17.0. The van der Waals surface area contributed by atoms with Crippen LogP contribution in [0.2, 0.25) is 0 Å². The molecule has 3 N–H and O–H groups in total. The lowest BCUT2D eigenvalue weighted by Crippen LogP contribution is -2.30.